The van der Waals surface area contributed by atoms with E-state index in [2.05, 4.69) is 15.7 Å². The molecule has 1 heterocycles. The Balaban J connectivity index is 1.97. The first-order valence-electron chi connectivity index (χ1n) is 8.57. The number of hydrogen-bond donors (Lipinski definition) is 2. The molecule has 0 unspecified atom stereocenters. The highest BCUT2D eigenvalue weighted by Gasteiger charge is 2.18. The summed E-state index contributed by atoms with van der Waals surface area (Å²) in [5.74, 6) is -0.578. The van der Waals surface area contributed by atoms with Crippen molar-refractivity contribution in [3.8, 4) is 0 Å². The van der Waals surface area contributed by atoms with Gasteiger partial charge in [0.1, 0.15) is 0 Å². The number of rotatable bonds is 4. The first-order chi connectivity index (χ1) is 12.9. The van der Waals surface area contributed by atoms with Crippen LogP contribution in [0.5, 0.6) is 0 Å². The lowest BCUT2D eigenvalue weighted by Crippen LogP contribution is -2.28. The molecule has 2 amide bonds. The number of benzene rings is 2. The summed E-state index contributed by atoms with van der Waals surface area (Å²) >= 11 is 0. The zero-order valence-electron chi connectivity index (χ0n) is 15.3. The molecular weight excluding hydrogens is 344 g/mol. The van der Waals surface area contributed by atoms with Crippen LogP contribution in [0.2, 0.25) is 0 Å². The van der Waals surface area contributed by atoms with E-state index in [1.54, 1.807) is 48.5 Å². The second-order valence-corrected chi connectivity index (χ2v) is 6.45. The van der Waals surface area contributed by atoms with Gasteiger partial charge in [-0.15, -0.1) is 0 Å². The molecule has 7 heteroatoms. The molecule has 7 nitrogen and oxygen atoms in total. The Morgan fingerprint density at radius 2 is 1.48 bits per heavy atom. The van der Waals surface area contributed by atoms with E-state index in [-0.39, 0.29) is 23.2 Å². The van der Waals surface area contributed by atoms with E-state index in [4.69, 9.17) is 0 Å². The summed E-state index contributed by atoms with van der Waals surface area (Å²) in [6.45, 7) is 5.10. The quantitative estimate of drug-likeness (QED) is 0.743. The Morgan fingerprint density at radius 1 is 0.926 bits per heavy atom. The van der Waals surface area contributed by atoms with Gasteiger partial charge in [-0.3, -0.25) is 14.4 Å². The minimum atomic E-state index is -0.409. The zero-order valence-corrected chi connectivity index (χ0v) is 15.3. The second-order valence-electron chi connectivity index (χ2n) is 6.45. The number of carbonyl (C=O) groups is 2. The van der Waals surface area contributed by atoms with Crippen LogP contribution in [0.25, 0.3) is 10.8 Å². The van der Waals surface area contributed by atoms with Gasteiger partial charge >= 0.3 is 0 Å². The number of aromatic nitrogens is 2. The van der Waals surface area contributed by atoms with E-state index in [1.165, 1.54) is 11.6 Å². The minimum Gasteiger partial charge on any atom is -0.326 e. The van der Waals surface area contributed by atoms with Gasteiger partial charge in [-0.25, -0.2) is 4.68 Å². The highest BCUT2D eigenvalue weighted by Crippen LogP contribution is 2.18. The Hall–Kier alpha value is -3.48. The van der Waals surface area contributed by atoms with Crippen molar-refractivity contribution in [1.29, 1.82) is 0 Å². The SMILES string of the molecule is CC(=O)Nc1ccc(NC(=O)c2nn(C(C)C)c(=O)c3ccccc23)cc1. The fourth-order valence-electron chi connectivity index (χ4n) is 2.75. The molecule has 0 radical (unpaired) electrons. The van der Waals surface area contributed by atoms with Gasteiger partial charge in [0, 0.05) is 23.7 Å². The normalized spacial score (nSPS) is 10.8. The van der Waals surface area contributed by atoms with Crippen LogP contribution in [-0.4, -0.2) is 21.6 Å². The molecule has 3 aromatic rings. The lowest BCUT2D eigenvalue weighted by Gasteiger charge is -2.13. The highest BCUT2D eigenvalue weighted by molar-refractivity contribution is 6.11. The average Bonchev–Trinajstić information content (AvgIpc) is 2.63. The number of nitrogens with zero attached hydrogens (tertiary/aromatic N) is 2. The summed E-state index contributed by atoms with van der Waals surface area (Å²) in [5, 5.41) is 10.7. The third kappa shape index (κ3) is 3.87. The standard InChI is InChI=1S/C20H20N4O3/c1-12(2)24-20(27)17-7-5-4-6-16(17)18(23-24)19(26)22-15-10-8-14(9-11-15)21-13(3)25/h4-12H,1-3H3,(H,21,25)(H,22,26). The lowest BCUT2D eigenvalue weighted by molar-refractivity contribution is -0.114. The molecule has 0 saturated heterocycles. The largest absolute Gasteiger partial charge is 0.326 e. The number of carbonyl (C=O) groups excluding carboxylic acids is 2. The summed E-state index contributed by atoms with van der Waals surface area (Å²) < 4.78 is 1.32. The van der Waals surface area contributed by atoms with Crippen molar-refractivity contribution in [1.82, 2.24) is 9.78 Å². The van der Waals surface area contributed by atoms with Gasteiger partial charge in [-0.1, -0.05) is 18.2 Å². The molecule has 3 rings (SSSR count). The Morgan fingerprint density at radius 3 is 2.04 bits per heavy atom. The molecule has 138 valence electrons. The average molecular weight is 364 g/mol. The van der Waals surface area contributed by atoms with Gasteiger partial charge in [0.05, 0.1) is 11.4 Å². The first-order valence-corrected chi connectivity index (χ1v) is 8.57. The van der Waals surface area contributed by atoms with Crippen LogP contribution < -0.4 is 16.2 Å². The summed E-state index contributed by atoms with van der Waals surface area (Å²) in [5.41, 5.74) is 1.15. The molecule has 0 saturated carbocycles. The third-order valence-corrected chi connectivity index (χ3v) is 4.00. The van der Waals surface area contributed by atoms with Gasteiger partial charge in [-0.2, -0.15) is 5.10 Å². The van der Waals surface area contributed by atoms with Crippen LogP contribution in [0.1, 0.15) is 37.3 Å². The van der Waals surface area contributed by atoms with Crippen molar-refractivity contribution in [2.75, 3.05) is 10.6 Å². The van der Waals surface area contributed by atoms with Gasteiger partial charge in [0.2, 0.25) is 5.91 Å². The molecule has 0 fully saturated rings. The van der Waals surface area contributed by atoms with E-state index < -0.39 is 5.91 Å². The molecule has 2 aromatic carbocycles. The van der Waals surface area contributed by atoms with E-state index >= 15 is 0 Å². The molecule has 0 aliphatic carbocycles. The summed E-state index contributed by atoms with van der Waals surface area (Å²) in [7, 11) is 0. The number of amides is 2. The van der Waals surface area contributed by atoms with Crippen molar-refractivity contribution in [3.63, 3.8) is 0 Å². The maximum atomic E-state index is 12.8. The summed E-state index contributed by atoms with van der Waals surface area (Å²) in [6, 6.07) is 13.5. The molecule has 0 bridgehead atoms. The van der Waals surface area contributed by atoms with Crippen molar-refractivity contribution in [3.05, 3.63) is 64.6 Å². The van der Waals surface area contributed by atoms with Crippen LogP contribution in [-0.2, 0) is 4.79 Å². The van der Waals surface area contributed by atoms with Crippen molar-refractivity contribution in [2.24, 2.45) is 0 Å². The topological polar surface area (TPSA) is 93.1 Å². The molecular formula is C20H20N4O3. The maximum Gasteiger partial charge on any atom is 0.276 e. The second kappa shape index (κ2) is 7.41. The van der Waals surface area contributed by atoms with E-state index in [1.807, 2.05) is 13.8 Å². The number of fused-ring (bicyclic) bond motifs is 1. The van der Waals surface area contributed by atoms with Crippen LogP contribution >= 0.6 is 0 Å². The number of hydrogen-bond acceptors (Lipinski definition) is 4. The van der Waals surface area contributed by atoms with E-state index in [0.29, 0.717) is 22.1 Å². The summed E-state index contributed by atoms with van der Waals surface area (Å²) in [6.07, 6.45) is 0. The van der Waals surface area contributed by atoms with E-state index in [0.717, 1.165) is 0 Å². The monoisotopic (exact) mass is 364 g/mol. The van der Waals surface area contributed by atoms with Crippen LogP contribution in [0.3, 0.4) is 0 Å². The van der Waals surface area contributed by atoms with Crippen LogP contribution in [0.4, 0.5) is 11.4 Å². The molecule has 0 aliphatic heterocycles. The molecule has 0 aliphatic rings. The van der Waals surface area contributed by atoms with Crippen LogP contribution in [0, 0.1) is 0 Å². The van der Waals surface area contributed by atoms with Crippen molar-refractivity contribution in [2.45, 2.75) is 26.8 Å². The van der Waals surface area contributed by atoms with Crippen molar-refractivity contribution >= 4 is 34.0 Å². The highest BCUT2D eigenvalue weighted by atomic mass is 16.2. The van der Waals surface area contributed by atoms with Gasteiger partial charge < -0.3 is 10.6 Å². The van der Waals surface area contributed by atoms with Crippen molar-refractivity contribution < 1.29 is 9.59 Å². The van der Waals surface area contributed by atoms with E-state index in [9.17, 15) is 14.4 Å². The fraction of sp³-hybridized carbons (Fsp3) is 0.200. The fourth-order valence-corrected chi connectivity index (χ4v) is 2.75. The lowest BCUT2D eigenvalue weighted by atomic mass is 10.1. The first kappa shape index (κ1) is 18.3. The predicted molar refractivity (Wildman–Crippen MR) is 105 cm³/mol. The van der Waals surface area contributed by atoms with Crippen LogP contribution in [0.15, 0.2) is 53.3 Å². The molecule has 0 atom stereocenters. The number of nitrogens with one attached hydrogen (secondary N) is 2. The summed E-state index contributed by atoms with van der Waals surface area (Å²) in [4.78, 5) is 36.5. The smallest absolute Gasteiger partial charge is 0.276 e. The Kier molecular flexibility index (Phi) is 5.03. The van der Waals surface area contributed by atoms with Gasteiger partial charge in [0.25, 0.3) is 11.5 Å². The predicted octanol–water partition coefficient (Wildman–Crippen LogP) is 3.19. The zero-order chi connectivity index (χ0) is 19.6. The molecule has 1 aromatic heterocycles. The number of anilines is 2. The minimum absolute atomic E-state index is 0.168. The molecule has 0 spiro atoms. The Bertz CT molecular complexity index is 1070. The Labute approximate surface area is 156 Å². The maximum absolute atomic E-state index is 12.8. The van der Waals surface area contributed by atoms with Gasteiger partial charge in [0.15, 0.2) is 5.69 Å². The molecule has 2 N–H and O–H groups in total. The van der Waals surface area contributed by atoms with Gasteiger partial charge in [-0.05, 0) is 44.2 Å². The molecule has 27 heavy (non-hydrogen) atoms. The third-order valence-electron chi connectivity index (χ3n) is 4.00.